The second-order valence-electron chi connectivity index (χ2n) is 6.95. The highest BCUT2D eigenvalue weighted by atomic mass is 79.9. The summed E-state index contributed by atoms with van der Waals surface area (Å²) >= 11 is 3.43. The van der Waals surface area contributed by atoms with Crippen molar-refractivity contribution in [3.05, 3.63) is 52.4 Å². The first-order valence-corrected chi connectivity index (χ1v) is 10.7. The molecule has 3 rings (SSSR count). The average molecular weight is 477 g/mol. The van der Waals surface area contributed by atoms with Crippen molar-refractivity contribution in [2.45, 2.75) is 26.8 Å². The van der Waals surface area contributed by atoms with Crippen molar-refractivity contribution in [1.29, 1.82) is 0 Å². The molecule has 0 radical (unpaired) electrons. The molecular weight excluding hydrogens is 452 g/mol. The second-order valence-corrected chi connectivity index (χ2v) is 7.81. The van der Waals surface area contributed by atoms with Gasteiger partial charge in [0.15, 0.2) is 5.76 Å². The molecule has 0 saturated carbocycles. The minimum absolute atomic E-state index is 0.102. The number of hydrogen-bond acceptors (Lipinski definition) is 5. The quantitative estimate of drug-likeness (QED) is 0.473. The van der Waals surface area contributed by atoms with Gasteiger partial charge in [-0.05, 0) is 59.7 Å². The van der Waals surface area contributed by atoms with Gasteiger partial charge in [0.05, 0.1) is 12.2 Å². The minimum atomic E-state index is -0.854. The molecule has 1 atom stereocenters. The van der Waals surface area contributed by atoms with Crippen molar-refractivity contribution < 1.29 is 18.8 Å². The lowest BCUT2D eigenvalue weighted by atomic mass is 10.1. The Bertz CT molecular complexity index is 925. The van der Waals surface area contributed by atoms with E-state index in [-0.39, 0.29) is 11.7 Å². The molecule has 2 aromatic rings. The number of carbonyl (C=O) groups is 3. The molecule has 8 nitrogen and oxygen atoms in total. The fourth-order valence-corrected chi connectivity index (χ4v) is 3.85. The van der Waals surface area contributed by atoms with Gasteiger partial charge in [0.1, 0.15) is 11.7 Å². The van der Waals surface area contributed by atoms with Crippen molar-refractivity contribution in [3.8, 4) is 0 Å². The highest BCUT2D eigenvalue weighted by molar-refractivity contribution is 9.10. The zero-order chi connectivity index (χ0) is 21.7. The first-order valence-electron chi connectivity index (χ1n) is 9.91. The third-order valence-corrected chi connectivity index (χ3v) is 5.79. The third kappa shape index (κ3) is 4.91. The Hall–Kier alpha value is -2.65. The highest BCUT2D eigenvalue weighted by Gasteiger charge is 2.38. The zero-order valence-electron chi connectivity index (χ0n) is 17.0. The molecule has 1 aromatic heterocycles. The molecule has 9 heteroatoms. The van der Waals surface area contributed by atoms with E-state index >= 15 is 0 Å². The maximum absolute atomic E-state index is 12.7. The molecule has 1 unspecified atom stereocenters. The predicted octanol–water partition coefficient (Wildman–Crippen LogP) is 2.70. The maximum Gasteiger partial charge on any atom is 0.305 e. The van der Waals surface area contributed by atoms with E-state index in [1.54, 1.807) is 17.0 Å². The molecule has 0 bridgehead atoms. The molecule has 1 aliphatic rings. The Kier molecular flexibility index (Phi) is 7.28. The van der Waals surface area contributed by atoms with Gasteiger partial charge in [-0.25, -0.2) is 0 Å². The Morgan fingerprint density at radius 3 is 2.60 bits per heavy atom. The number of carbonyl (C=O) groups excluding carboxylic acids is 3. The first kappa shape index (κ1) is 22.0. The molecule has 160 valence electrons. The summed E-state index contributed by atoms with van der Waals surface area (Å²) in [4.78, 5) is 41.2. The van der Waals surface area contributed by atoms with E-state index in [0.29, 0.717) is 25.3 Å². The number of anilines is 1. The van der Waals surface area contributed by atoms with E-state index in [1.165, 1.54) is 0 Å². The van der Waals surface area contributed by atoms with E-state index in [0.717, 1.165) is 23.2 Å². The van der Waals surface area contributed by atoms with Crippen LogP contribution >= 0.6 is 15.9 Å². The Labute approximate surface area is 183 Å². The van der Waals surface area contributed by atoms with E-state index in [4.69, 9.17) is 4.42 Å². The van der Waals surface area contributed by atoms with Crippen molar-refractivity contribution in [1.82, 2.24) is 15.8 Å². The fraction of sp³-hybridized carbons (Fsp3) is 0.381. The summed E-state index contributed by atoms with van der Waals surface area (Å²) in [6, 6.07) is 10.7. The number of benzene rings is 1. The van der Waals surface area contributed by atoms with Crippen LogP contribution in [0.4, 0.5) is 5.69 Å². The van der Waals surface area contributed by atoms with Crippen LogP contribution in [0.25, 0.3) is 0 Å². The topological polar surface area (TPSA) is 94.9 Å². The Balaban J connectivity index is 1.54. The standard InChI is InChI=1S/C21H25BrN4O4/c1-3-25(4-2)13-14-9-10-18(30-14)20(28)24-23-19(27)15-11-12-26(21(15)29)17-8-6-5-7-16(17)22/h5-10,15H,3-4,11-13H2,1-2H3,(H,23,27)(H,24,28). The van der Waals surface area contributed by atoms with Crippen LogP contribution in [0.5, 0.6) is 0 Å². The molecule has 0 spiro atoms. The van der Waals surface area contributed by atoms with Gasteiger partial charge in [-0.2, -0.15) is 0 Å². The highest BCUT2D eigenvalue weighted by Crippen LogP contribution is 2.31. The number of nitrogens with one attached hydrogen (secondary N) is 2. The van der Waals surface area contributed by atoms with Gasteiger partial charge in [0.25, 0.3) is 5.91 Å². The van der Waals surface area contributed by atoms with Gasteiger partial charge in [-0.1, -0.05) is 26.0 Å². The van der Waals surface area contributed by atoms with Gasteiger partial charge < -0.3 is 9.32 Å². The number of nitrogens with zero attached hydrogens (tertiary/aromatic N) is 2. The zero-order valence-corrected chi connectivity index (χ0v) is 18.6. The van der Waals surface area contributed by atoms with Gasteiger partial charge >= 0.3 is 5.91 Å². The monoisotopic (exact) mass is 476 g/mol. The molecule has 1 fully saturated rings. The molecule has 3 amide bonds. The van der Waals surface area contributed by atoms with Crippen LogP contribution < -0.4 is 15.8 Å². The number of rotatable bonds is 7. The molecule has 1 saturated heterocycles. The van der Waals surface area contributed by atoms with E-state index < -0.39 is 17.7 Å². The van der Waals surface area contributed by atoms with E-state index in [1.807, 2.05) is 24.3 Å². The maximum atomic E-state index is 12.7. The predicted molar refractivity (Wildman–Crippen MR) is 116 cm³/mol. The lowest BCUT2D eigenvalue weighted by molar-refractivity contribution is -0.132. The Morgan fingerprint density at radius 1 is 1.17 bits per heavy atom. The first-order chi connectivity index (χ1) is 14.4. The second kappa shape index (κ2) is 9.90. The summed E-state index contributed by atoms with van der Waals surface area (Å²) < 4.78 is 6.34. The number of hydrogen-bond donors (Lipinski definition) is 2. The molecule has 1 aromatic carbocycles. The van der Waals surface area contributed by atoms with Crippen molar-refractivity contribution in [2.75, 3.05) is 24.5 Å². The number of halogens is 1. The van der Waals surface area contributed by atoms with Crippen molar-refractivity contribution >= 4 is 39.3 Å². The summed E-state index contributed by atoms with van der Waals surface area (Å²) in [6.07, 6.45) is 0.372. The van der Waals surface area contributed by atoms with Crippen LogP contribution in [0.1, 0.15) is 36.6 Å². The molecule has 1 aliphatic heterocycles. The van der Waals surface area contributed by atoms with Crippen LogP contribution in [0, 0.1) is 5.92 Å². The summed E-state index contributed by atoms with van der Waals surface area (Å²) in [5.41, 5.74) is 5.40. The Morgan fingerprint density at radius 2 is 1.90 bits per heavy atom. The van der Waals surface area contributed by atoms with Crippen LogP contribution in [-0.2, 0) is 16.1 Å². The molecule has 2 N–H and O–H groups in total. The SMILES string of the molecule is CCN(CC)Cc1ccc(C(=O)NNC(=O)C2CCN(c3ccccc3Br)C2=O)o1. The third-order valence-electron chi connectivity index (χ3n) is 5.12. The lowest BCUT2D eigenvalue weighted by Crippen LogP contribution is -2.46. The fourth-order valence-electron chi connectivity index (χ4n) is 3.35. The van der Waals surface area contributed by atoms with Crippen molar-refractivity contribution in [3.63, 3.8) is 0 Å². The van der Waals surface area contributed by atoms with Crippen molar-refractivity contribution in [2.24, 2.45) is 5.92 Å². The number of hydrazine groups is 1. The lowest BCUT2D eigenvalue weighted by Gasteiger charge is -2.18. The van der Waals surface area contributed by atoms with E-state index in [2.05, 4.69) is 45.5 Å². The number of furan rings is 1. The number of amides is 3. The number of para-hydroxylation sites is 1. The molecule has 0 aliphatic carbocycles. The van der Waals surface area contributed by atoms with E-state index in [9.17, 15) is 14.4 Å². The van der Waals surface area contributed by atoms with Gasteiger partial charge in [0, 0.05) is 11.0 Å². The summed E-state index contributed by atoms with van der Waals surface area (Å²) in [5.74, 6) is -1.49. The van der Waals surface area contributed by atoms with Crippen LogP contribution in [0.2, 0.25) is 0 Å². The van der Waals surface area contributed by atoms with Crippen LogP contribution in [0.3, 0.4) is 0 Å². The molecule has 2 heterocycles. The minimum Gasteiger partial charge on any atom is -0.454 e. The largest absolute Gasteiger partial charge is 0.454 e. The van der Waals surface area contributed by atoms with Crippen LogP contribution in [0.15, 0.2) is 45.3 Å². The summed E-state index contributed by atoms with van der Waals surface area (Å²) in [7, 11) is 0. The summed E-state index contributed by atoms with van der Waals surface area (Å²) in [6.45, 7) is 6.89. The molecular formula is C21H25BrN4O4. The molecule has 30 heavy (non-hydrogen) atoms. The average Bonchev–Trinajstić information content (AvgIpc) is 3.37. The van der Waals surface area contributed by atoms with Gasteiger partial charge in [-0.15, -0.1) is 0 Å². The normalized spacial score (nSPS) is 16.2. The van der Waals surface area contributed by atoms with Gasteiger partial charge in [0.2, 0.25) is 5.91 Å². The van der Waals surface area contributed by atoms with Crippen LogP contribution in [-0.4, -0.2) is 42.3 Å². The summed E-state index contributed by atoms with van der Waals surface area (Å²) in [5, 5.41) is 0. The smallest absolute Gasteiger partial charge is 0.305 e. The van der Waals surface area contributed by atoms with Gasteiger partial charge in [-0.3, -0.25) is 30.1 Å².